The van der Waals surface area contributed by atoms with Crippen LogP contribution >= 0.6 is 0 Å². The van der Waals surface area contributed by atoms with E-state index >= 15 is 0 Å². The third-order valence-electron chi connectivity index (χ3n) is 4.00. The predicted octanol–water partition coefficient (Wildman–Crippen LogP) is 2.03. The van der Waals surface area contributed by atoms with Crippen molar-refractivity contribution in [3.63, 3.8) is 0 Å². The molecule has 6 nitrogen and oxygen atoms in total. The minimum Gasteiger partial charge on any atom is -0.348 e. The molecule has 0 unspecified atom stereocenters. The van der Waals surface area contributed by atoms with Crippen molar-refractivity contribution in [1.82, 2.24) is 5.32 Å². The molecule has 2 aromatic rings. The van der Waals surface area contributed by atoms with Gasteiger partial charge in [0.1, 0.15) is 0 Å². The molecule has 0 radical (unpaired) electrons. The van der Waals surface area contributed by atoms with E-state index in [1.807, 2.05) is 6.07 Å². The van der Waals surface area contributed by atoms with Crippen LogP contribution in [0.2, 0.25) is 0 Å². The molecule has 0 bridgehead atoms. The summed E-state index contributed by atoms with van der Waals surface area (Å²) in [7, 11) is -3.27. The van der Waals surface area contributed by atoms with E-state index in [1.54, 1.807) is 42.5 Å². The third kappa shape index (κ3) is 3.80. The Morgan fingerprint density at radius 1 is 1.20 bits per heavy atom. The summed E-state index contributed by atoms with van der Waals surface area (Å²) in [5.41, 5.74) is 2.27. The van der Waals surface area contributed by atoms with Gasteiger partial charge >= 0.3 is 0 Å². The van der Waals surface area contributed by atoms with Crippen LogP contribution in [0.5, 0.6) is 0 Å². The van der Waals surface area contributed by atoms with Crippen LogP contribution in [0.1, 0.15) is 27.9 Å². The summed E-state index contributed by atoms with van der Waals surface area (Å²) in [6, 6.07) is 15.7. The Hall–Kier alpha value is -2.85. The SMILES string of the molecule is N#Cc1cccc(CNC(=O)c2cccc(N3CCCS3(=O)=O)c2)c1. The minimum atomic E-state index is -3.27. The second-order valence-corrected chi connectivity index (χ2v) is 7.80. The molecule has 0 atom stereocenters. The number of nitrogens with one attached hydrogen (secondary N) is 1. The molecule has 1 aliphatic heterocycles. The van der Waals surface area contributed by atoms with Crippen LogP contribution in [0.3, 0.4) is 0 Å². The molecule has 1 heterocycles. The monoisotopic (exact) mass is 355 g/mol. The van der Waals surface area contributed by atoms with Crippen molar-refractivity contribution in [2.45, 2.75) is 13.0 Å². The van der Waals surface area contributed by atoms with E-state index in [9.17, 15) is 13.2 Å². The zero-order valence-corrected chi connectivity index (χ0v) is 14.3. The number of anilines is 1. The first-order valence-electron chi connectivity index (χ1n) is 7.87. The summed E-state index contributed by atoms with van der Waals surface area (Å²) in [6.07, 6.45) is 0.591. The summed E-state index contributed by atoms with van der Waals surface area (Å²) in [6.45, 7) is 0.731. The highest BCUT2D eigenvalue weighted by Gasteiger charge is 2.28. The van der Waals surface area contributed by atoms with Gasteiger partial charge in [0.15, 0.2) is 0 Å². The van der Waals surface area contributed by atoms with Crippen molar-refractivity contribution in [3.05, 3.63) is 65.2 Å². The fourth-order valence-corrected chi connectivity index (χ4v) is 4.32. The zero-order chi connectivity index (χ0) is 17.9. The molecule has 3 rings (SSSR count). The van der Waals surface area contributed by atoms with Crippen molar-refractivity contribution in [2.75, 3.05) is 16.6 Å². The topological polar surface area (TPSA) is 90.3 Å². The highest BCUT2D eigenvalue weighted by atomic mass is 32.2. The second kappa shape index (κ2) is 6.95. The number of carbonyl (C=O) groups excluding carboxylic acids is 1. The summed E-state index contributed by atoms with van der Waals surface area (Å²) < 4.78 is 25.4. The fourth-order valence-electron chi connectivity index (χ4n) is 2.77. The molecule has 0 aromatic heterocycles. The largest absolute Gasteiger partial charge is 0.348 e. The van der Waals surface area contributed by atoms with Gasteiger partial charge in [-0.05, 0) is 42.3 Å². The maximum atomic E-state index is 12.4. The quantitative estimate of drug-likeness (QED) is 0.908. The van der Waals surface area contributed by atoms with Crippen LogP contribution in [0, 0.1) is 11.3 Å². The van der Waals surface area contributed by atoms with Gasteiger partial charge in [0, 0.05) is 18.7 Å². The number of hydrogen-bond donors (Lipinski definition) is 1. The maximum Gasteiger partial charge on any atom is 0.251 e. The molecule has 2 aromatic carbocycles. The smallest absolute Gasteiger partial charge is 0.251 e. The molecule has 1 saturated heterocycles. The molecule has 1 amide bonds. The molecule has 1 N–H and O–H groups in total. The number of benzene rings is 2. The molecule has 1 fully saturated rings. The molecule has 7 heteroatoms. The van der Waals surface area contributed by atoms with Crippen molar-refractivity contribution >= 4 is 21.6 Å². The lowest BCUT2D eigenvalue weighted by molar-refractivity contribution is 0.0951. The summed E-state index contributed by atoms with van der Waals surface area (Å²) >= 11 is 0. The van der Waals surface area contributed by atoms with Crippen LogP contribution in [-0.4, -0.2) is 26.6 Å². The standard InChI is InChI=1S/C18H17N3O3S/c19-12-14-4-1-5-15(10-14)13-20-18(22)16-6-2-7-17(11-16)21-8-3-9-25(21,23)24/h1-2,4-7,10-11H,3,8-9,13H2,(H,20,22). The van der Waals surface area contributed by atoms with Gasteiger partial charge in [-0.3, -0.25) is 9.10 Å². The lowest BCUT2D eigenvalue weighted by Crippen LogP contribution is -2.26. The lowest BCUT2D eigenvalue weighted by Gasteiger charge is -2.17. The van der Waals surface area contributed by atoms with Crippen LogP contribution < -0.4 is 9.62 Å². The Kier molecular flexibility index (Phi) is 4.72. The van der Waals surface area contributed by atoms with E-state index in [0.29, 0.717) is 36.3 Å². The normalized spacial score (nSPS) is 15.6. The number of nitriles is 1. The molecular formula is C18H17N3O3S. The first-order chi connectivity index (χ1) is 12.0. The van der Waals surface area contributed by atoms with Crippen LogP contribution in [0.25, 0.3) is 0 Å². The maximum absolute atomic E-state index is 12.4. The average Bonchev–Trinajstić information content (AvgIpc) is 2.99. The van der Waals surface area contributed by atoms with Gasteiger partial charge in [-0.15, -0.1) is 0 Å². The average molecular weight is 355 g/mol. The van der Waals surface area contributed by atoms with Gasteiger partial charge < -0.3 is 5.32 Å². The highest BCUT2D eigenvalue weighted by molar-refractivity contribution is 7.93. The number of carbonyl (C=O) groups is 1. The summed E-state index contributed by atoms with van der Waals surface area (Å²) in [5, 5.41) is 11.7. The Labute approximate surface area is 146 Å². The van der Waals surface area contributed by atoms with Crippen LogP contribution in [0.4, 0.5) is 5.69 Å². The van der Waals surface area contributed by atoms with Gasteiger partial charge in [0.2, 0.25) is 10.0 Å². The van der Waals surface area contributed by atoms with E-state index in [2.05, 4.69) is 11.4 Å². The first-order valence-corrected chi connectivity index (χ1v) is 9.48. The Morgan fingerprint density at radius 2 is 2.00 bits per heavy atom. The minimum absolute atomic E-state index is 0.138. The number of sulfonamides is 1. The van der Waals surface area contributed by atoms with Gasteiger partial charge in [-0.1, -0.05) is 18.2 Å². The van der Waals surface area contributed by atoms with Crippen molar-refractivity contribution in [3.8, 4) is 6.07 Å². The Balaban J connectivity index is 1.72. The predicted molar refractivity (Wildman–Crippen MR) is 94.5 cm³/mol. The molecular weight excluding hydrogens is 338 g/mol. The van der Waals surface area contributed by atoms with E-state index in [-0.39, 0.29) is 11.7 Å². The van der Waals surface area contributed by atoms with Crippen molar-refractivity contribution < 1.29 is 13.2 Å². The van der Waals surface area contributed by atoms with Gasteiger partial charge in [0.05, 0.1) is 23.1 Å². The van der Waals surface area contributed by atoms with E-state index in [1.165, 1.54) is 4.31 Å². The lowest BCUT2D eigenvalue weighted by atomic mass is 10.1. The molecule has 25 heavy (non-hydrogen) atoms. The van der Waals surface area contributed by atoms with E-state index in [0.717, 1.165) is 5.56 Å². The number of hydrogen-bond acceptors (Lipinski definition) is 4. The van der Waals surface area contributed by atoms with Gasteiger partial charge in [-0.2, -0.15) is 5.26 Å². The third-order valence-corrected chi connectivity index (χ3v) is 5.87. The first kappa shape index (κ1) is 17.0. The van der Waals surface area contributed by atoms with E-state index in [4.69, 9.17) is 5.26 Å². The van der Waals surface area contributed by atoms with E-state index < -0.39 is 10.0 Å². The van der Waals surface area contributed by atoms with Crippen molar-refractivity contribution in [1.29, 1.82) is 5.26 Å². The van der Waals surface area contributed by atoms with Gasteiger partial charge in [-0.25, -0.2) is 8.42 Å². The number of nitrogens with zero attached hydrogens (tertiary/aromatic N) is 2. The molecule has 0 aliphatic carbocycles. The Morgan fingerprint density at radius 3 is 2.72 bits per heavy atom. The number of amides is 1. The molecule has 1 aliphatic rings. The fraction of sp³-hybridized carbons (Fsp3) is 0.222. The Bertz CT molecular complexity index is 948. The second-order valence-electron chi connectivity index (χ2n) is 5.79. The molecule has 0 spiro atoms. The van der Waals surface area contributed by atoms with Crippen LogP contribution in [-0.2, 0) is 16.6 Å². The molecule has 0 saturated carbocycles. The highest BCUT2D eigenvalue weighted by Crippen LogP contribution is 2.24. The number of rotatable bonds is 4. The van der Waals surface area contributed by atoms with Crippen molar-refractivity contribution in [2.24, 2.45) is 0 Å². The summed E-state index contributed by atoms with van der Waals surface area (Å²) in [4.78, 5) is 12.4. The zero-order valence-electron chi connectivity index (χ0n) is 13.5. The molecule has 128 valence electrons. The summed E-state index contributed by atoms with van der Waals surface area (Å²) in [5.74, 6) is -0.153. The van der Waals surface area contributed by atoms with Crippen LogP contribution in [0.15, 0.2) is 48.5 Å². The van der Waals surface area contributed by atoms with Gasteiger partial charge in [0.25, 0.3) is 5.91 Å².